The van der Waals surface area contributed by atoms with Crippen LogP contribution in [0, 0.1) is 11.7 Å². The third kappa shape index (κ3) is 3.35. The maximum Gasteiger partial charge on any atom is 0.308 e. The van der Waals surface area contributed by atoms with Gasteiger partial charge in [-0.05, 0) is 37.5 Å². The zero-order valence-electron chi connectivity index (χ0n) is 11.4. The van der Waals surface area contributed by atoms with E-state index in [1.807, 2.05) is 6.92 Å². The van der Waals surface area contributed by atoms with Gasteiger partial charge in [0.15, 0.2) is 0 Å². The molecule has 1 saturated heterocycles. The second-order valence-electron chi connectivity index (χ2n) is 5.31. The van der Waals surface area contributed by atoms with E-state index in [9.17, 15) is 14.0 Å². The summed E-state index contributed by atoms with van der Waals surface area (Å²) in [5, 5.41) is 9.06. The van der Waals surface area contributed by atoms with Gasteiger partial charge in [0, 0.05) is 12.6 Å². The van der Waals surface area contributed by atoms with E-state index in [4.69, 9.17) is 5.11 Å². The summed E-state index contributed by atoms with van der Waals surface area (Å²) in [7, 11) is 0. The molecule has 0 radical (unpaired) electrons. The fourth-order valence-corrected chi connectivity index (χ4v) is 2.53. The molecule has 1 heterocycles. The minimum absolute atomic E-state index is 0.0542. The molecule has 1 fully saturated rings. The number of carboxylic acids is 1. The third-order valence-corrected chi connectivity index (χ3v) is 3.82. The van der Waals surface area contributed by atoms with Crippen molar-refractivity contribution in [3.63, 3.8) is 0 Å². The van der Waals surface area contributed by atoms with Crippen LogP contribution in [0.4, 0.5) is 4.39 Å². The molecule has 0 spiro atoms. The molecule has 1 amide bonds. The molecule has 0 aliphatic carbocycles. The van der Waals surface area contributed by atoms with Gasteiger partial charge in [0.1, 0.15) is 5.82 Å². The van der Waals surface area contributed by atoms with Crippen LogP contribution < -0.4 is 0 Å². The van der Waals surface area contributed by atoms with Crippen LogP contribution in [0.2, 0.25) is 0 Å². The average Bonchev–Trinajstić information content (AvgIpc) is 2.41. The second-order valence-corrected chi connectivity index (χ2v) is 5.31. The van der Waals surface area contributed by atoms with E-state index in [1.54, 1.807) is 17.0 Å². The number of halogens is 1. The molecule has 0 aromatic heterocycles. The highest BCUT2D eigenvalue weighted by Crippen LogP contribution is 2.23. The number of carbonyl (C=O) groups is 2. The Balaban J connectivity index is 2.03. The molecular formula is C15H18FNO3. The second kappa shape index (κ2) is 6.03. The summed E-state index contributed by atoms with van der Waals surface area (Å²) in [6, 6.07) is 5.86. The maximum atomic E-state index is 12.8. The number of aliphatic carboxylic acids is 1. The van der Waals surface area contributed by atoms with Crippen molar-refractivity contribution in [3.8, 4) is 0 Å². The Morgan fingerprint density at radius 1 is 1.30 bits per heavy atom. The number of amides is 1. The number of carbonyl (C=O) groups excluding carboxylic acids is 1. The number of carboxylic acid groups (broad SMARTS) is 1. The maximum absolute atomic E-state index is 12.8. The lowest BCUT2D eigenvalue weighted by molar-refractivity contribution is -0.146. The van der Waals surface area contributed by atoms with Crippen molar-refractivity contribution < 1.29 is 19.1 Å². The first kappa shape index (κ1) is 14.5. The quantitative estimate of drug-likeness (QED) is 0.921. The highest BCUT2D eigenvalue weighted by atomic mass is 19.1. The van der Waals surface area contributed by atoms with Crippen LogP contribution in [0.15, 0.2) is 24.3 Å². The van der Waals surface area contributed by atoms with Crippen LogP contribution in [-0.2, 0) is 16.0 Å². The Kier molecular flexibility index (Phi) is 4.37. The Hall–Kier alpha value is -1.91. The molecule has 2 unspecified atom stereocenters. The minimum atomic E-state index is -0.850. The number of hydrogen-bond donors (Lipinski definition) is 1. The van der Waals surface area contributed by atoms with E-state index >= 15 is 0 Å². The third-order valence-electron chi connectivity index (χ3n) is 3.82. The van der Waals surface area contributed by atoms with Crippen molar-refractivity contribution in [2.45, 2.75) is 32.2 Å². The SMILES string of the molecule is CC1CCC(C(=O)O)CN1C(=O)Cc1ccc(F)cc1. The van der Waals surface area contributed by atoms with E-state index in [2.05, 4.69) is 0 Å². The summed E-state index contributed by atoms with van der Waals surface area (Å²) >= 11 is 0. The number of nitrogens with zero attached hydrogens (tertiary/aromatic N) is 1. The van der Waals surface area contributed by atoms with Gasteiger partial charge in [-0.25, -0.2) is 4.39 Å². The molecule has 1 aliphatic rings. The normalized spacial score (nSPS) is 22.6. The number of piperidine rings is 1. The molecular weight excluding hydrogens is 261 g/mol. The molecule has 108 valence electrons. The first-order valence-corrected chi connectivity index (χ1v) is 6.74. The number of hydrogen-bond acceptors (Lipinski definition) is 2. The monoisotopic (exact) mass is 279 g/mol. The molecule has 1 aromatic carbocycles. The summed E-state index contributed by atoms with van der Waals surface area (Å²) in [6.07, 6.45) is 1.49. The van der Waals surface area contributed by atoms with E-state index in [0.717, 1.165) is 5.56 Å². The fraction of sp³-hybridized carbons (Fsp3) is 0.467. The molecule has 0 bridgehead atoms. The highest BCUT2D eigenvalue weighted by molar-refractivity contribution is 5.80. The zero-order chi connectivity index (χ0) is 14.7. The van der Waals surface area contributed by atoms with Crippen LogP contribution in [0.5, 0.6) is 0 Å². The molecule has 20 heavy (non-hydrogen) atoms. The highest BCUT2D eigenvalue weighted by Gasteiger charge is 2.32. The van der Waals surface area contributed by atoms with Crippen molar-refractivity contribution in [2.24, 2.45) is 5.92 Å². The van der Waals surface area contributed by atoms with Crippen LogP contribution in [0.25, 0.3) is 0 Å². The van der Waals surface area contributed by atoms with E-state index in [0.29, 0.717) is 12.8 Å². The van der Waals surface area contributed by atoms with E-state index in [-0.39, 0.29) is 30.7 Å². The van der Waals surface area contributed by atoms with Crippen LogP contribution >= 0.6 is 0 Å². The van der Waals surface area contributed by atoms with Gasteiger partial charge < -0.3 is 10.0 Å². The van der Waals surface area contributed by atoms with Gasteiger partial charge in [-0.3, -0.25) is 9.59 Å². The predicted molar refractivity (Wildman–Crippen MR) is 71.6 cm³/mol. The summed E-state index contributed by atoms with van der Waals surface area (Å²) in [4.78, 5) is 24.9. The first-order chi connectivity index (χ1) is 9.47. The molecule has 2 rings (SSSR count). The van der Waals surface area contributed by atoms with Gasteiger partial charge in [-0.2, -0.15) is 0 Å². The molecule has 4 nitrogen and oxygen atoms in total. The average molecular weight is 279 g/mol. The van der Waals surface area contributed by atoms with Crippen LogP contribution in [0.3, 0.4) is 0 Å². The standard InChI is InChI=1S/C15H18FNO3/c1-10-2-5-12(15(19)20)9-17(10)14(18)8-11-3-6-13(16)7-4-11/h3-4,6-7,10,12H,2,5,8-9H2,1H3,(H,19,20). The topological polar surface area (TPSA) is 57.6 Å². The fourth-order valence-electron chi connectivity index (χ4n) is 2.53. The molecule has 1 aromatic rings. The lowest BCUT2D eigenvalue weighted by Crippen LogP contribution is -2.47. The van der Waals surface area contributed by atoms with Crippen molar-refractivity contribution in [2.75, 3.05) is 6.54 Å². The Morgan fingerprint density at radius 3 is 2.55 bits per heavy atom. The van der Waals surface area contributed by atoms with Crippen molar-refractivity contribution in [1.29, 1.82) is 0 Å². The number of likely N-dealkylation sites (tertiary alicyclic amines) is 1. The largest absolute Gasteiger partial charge is 0.481 e. The van der Waals surface area contributed by atoms with Gasteiger partial charge in [0.2, 0.25) is 5.91 Å². The Bertz CT molecular complexity index is 500. The Labute approximate surface area is 117 Å². The zero-order valence-corrected chi connectivity index (χ0v) is 11.4. The molecule has 0 saturated carbocycles. The van der Waals surface area contributed by atoms with Gasteiger partial charge in [0.05, 0.1) is 12.3 Å². The molecule has 5 heteroatoms. The smallest absolute Gasteiger partial charge is 0.308 e. The summed E-state index contributed by atoms with van der Waals surface area (Å²) in [5.74, 6) is -1.77. The lowest BCUT2D eigenvalue weighted by Gasteiger charge is -2.36. The summed E-state index contributed by atoms with van der Waals surface area (Å²) in [6.45, 7) is 2.19. The van der Waals surface area contributed by atoms with E-state index < -0.39 is 11.9 Å². The number of rotatable bonds is 3. The van der Waals surface area contributed by atoms with Crippen molar-refractivity contribution in [3.05, 3.63) is 35.6 Å². The summed E-state index contributed by atoms with van der Waals surface area (Å²) < 4.78 is 12.8. The summed E-state index contributed by atoms with van der Waals surface area (Å²) in [5.41, 5.74) is 0.737. The van der Waals surface area contributed by atoms with Crippen molar-refractivity contribution >= 4 is 11.9 Å². The molecule has 2 atom stereocenters. The lowest BCUT2D eigenvalue weighted by atomic mass is 9.93. The van der Waals surface area contributed by atoms with Crippen molar-refractivity contribution in [1.82, 2.24) is 4.90 Å². The van der Waals surface area contributed by atoms with Crippen LogP contribution in [-0.4, -0.2) is 34.5 Å². The van der Waals surface area contributed by atoms with Gasteiger partial charge >= 0.3 is 5.97 Å². The Morgan fingerprint density at radius 2 is 1.95 bits per heavy atom. The minimum Gasteiger partial charge on any atom is -0.481 e. The molecule has 1 aliphatic heterocycles. The molecule has 1 N–H and O–H groups in total. The number of benzene rings is 1. The predicted octanol–water partition coefficient (Wildman–Crippen LogP) is 2.08. The van der Waals surface area contributed by atoms with Gasteiger partial charge in [-0.1, -0.05) is 12.1 Å². The first-order valence-electron chi connectivity index (χ1n) is 6.74. The van der Waals surface area contributed by atoms with Gasteiger partial charge in [0.25, 0.3) is 0 Å². The van der Waals surface area contributed by atoms with Crippen LogP contribution in [0.1, 0.15) is 25.3 Å². The van der Waals surface area contributed by atoms with E-state index in [1.165, 1.54) is 12.1 Å². The van der Waals surface area contributed by atoms with Gasteiger partial charge in [-0.15, -0.1) is 0 Å².